The van der Waals surface area contributed by atoms with Crippen LogP contribution in [-0.2, 0) is 0 Å². The summed E-state index contributed by atoms with van der Waals surface area (Å²) in [7, 11) is -3.68. The molecule has 0 atom stereocenters. The summed E-state index contributed by atoms with van der Waals surface area (Å²) in [6, 6.07) is 45.0. The Hall–Kier alpha value is -2.26. The van der Waals surface area contributed by atoms with Crippen molar-refractivity contribution in [2.45, 2.75) is 0 Å². The zero-order chi connectivity index (χ0) is 20.9. The molecule has 0 unspecified atom stereocenters. The van der Waals surface area contributed by atoms with Gasteiger partial charge < -0.3 is 0 Å². The summed E-state index contributed by atoms with van der Waals surface area (Å²) < 4.78 is 0. The Bertz CT molecular complexity index is 877. The zero-order valence-corrected chi connectivity index (χ0v) is 20.0. The predicted molar refractivity (Wildman–Crippen MR) is 143 cm³/mol. The van der Waals surface area contributed by atoms with Crippen LogP contribution in [0.3, 0.4) is 0 Å². The molecule has 0 bridgehead atoms. The molecule has 30 heavy (non-hydrogen) atoms. The first-order valence-electron chi connectivity index (χ1n) is 10.8. The van der Waals surface area contributed by atoms with Gasteiger partial charge in [0, 0.05) is 0 Å². The van der Waals surface area contributed by atoms with E-state index in [9.17, 15) is 0 Å². The maximum absolute atomic E-state index is 2.56. The summed E-state index contributed by atoms with van der Waals surface area (Å²) in [6.07, 6.45) is 2.51. The van der Waals surface area contributed by atoms with Crippen molar-refractivity contribution in [2.75, 3.05) is 25.7 Å². The van der Waals surface area contributed by atoms with E-state index in [1.165, 1.54) is 33.5 Å². The molecule has 2 heteroatoms. The van der Waals surface area contributed by atoms with Gasteiger partial charge in [-0.1, -0.05) is 0 Å². The fourth-order valence-electron chi connectivity index (χ4n) is 4.63. The standard InChI is InChI=1S/C28H32P2/c1-29(25-15-7-3-8-16-25,26-17-9-4-10-18-26)23-24-30(2,27-19-11-5-12-20-27)28-21-13-6-14-22-28/h3-22,29-30H,23-24H2,1-2H3. The first-order chi connectivity index (χ1) is 14.6. The molecule has 4 aromatic carbocycles. The van der Waals surface area contributed by atoms with E-state index < -0.39 is 14.5 Å². The van der Waals surface area contributed by atoms with Crippen molar-refractivity contribution in [3.05, 3.63) is 121 Å². The number of benzene rings is 4. The Labute approximate surface area is 182 Å². The van der Waals surface area contributed by atoms with Gasteiger partial charge in [0.2, 0.25) is 0 Å². The van der Waals surface area contributed by atoms with Crippen LogP contribution in [0.5, 0.6) is 0 Å². The van der Waals surface area contributed by atoms with Gasteiger partial charge in [0.25, 0.3) is 0 Å². The van der Waals surface area contributed by atoms with Gasteiger partial charge in [-0.15, -0.1) is 0 Å². The van der Waals surface area contributed by atoms with Crippen LogP contribution in [0, 0.1) is 0 Å². The van der Waals surface area contributed by atoms with Gasteiger partial charge in [0.1, 0.15) is 0 Å². The Balaban J connectivity index is 1.76. The summed E-state index contributed by atoms with van der Waals surface area (Å²) in [5.41, 5.74) is 0. The van der Waals surface area contributed by atoms with Crippen molar-refractivity contribution in [2.24, 2.45) is 0 Å². The van der Waals surface area contributed by atoms with Crippen LogP contribution < -0.4 is 21.2 Å². The third kappa shape index (κ3) is 4.27. The van der Waals surface area contributed by atoms with Crippen molar-refractivity contribution < 1.29 is 0 Å². The summed E-state index contributed by atoms with van der Waals surface area (Å²) in [4.78, 5) is 0. The van der Waals surface area contributed by atoms with Gasteiger partial charge in [-0.05, 0) is 0 Å². The molecular formula is C28H32P2. The molecule has 0 radical (unpaired) electrons. The van der Waals surface area contributed by atoms with Gasteiger partial charge >= 0.3 is 183 Å². The van der Waals surface area contributed by atoms with Gasteiger partial charge in [-0.25, -0.2) is 0 Å². The van der Waals surface area contributed by atoms with E-state index in [-0.39, 0.29) is 0 Å². The van der Waals surface area contributed by atoms with E-state index in [2.05, 4.69) is 135 Å². The van der Waals surface area contributed by atoms with E-state index >= 15 is 0 Å². The van der Waals surface area contributed by atoms with Gasteiger partial charge in [-0.3, -0.25) is 0 Å². The number of rotatable bonds is 7. The molecule has 4 rings (SSSR count). The molecule has 0 saturated heterocycles. The van der Waals surface area contributed by atoms with E-state index in [0.29, 0.717) is 0 Å². The minimum absolute atomic E-state index is 1.26. The first-order valence-corrected chi connectivity index (χ1v) is 16.3. The minimum atomic E-state index is -1.84. The molecule has 0 spiro atoms. The fraction of sp³-hybridized carbons (Fsp3) is 0.143. The van der Waals surface area contributed by atoms with Crippen molar-refractivity contribution in [1.29, 1.82) is 0 Å². The number of hydrogen-bond donors (Lipinski definition) is 0. The average molecular weight is 431 g/mol. The Morgan fingerprint density at radius 3 is 0.767 bits per heavy atom. The van der Waals surface area contributed by atoms with Crippen molar-refractivity contribution >= 4 is 35.7 Å². The Kier molecular flexibility index (Phi) is 6.48. The molecule has 0 nitrogen and oxygen atoms in total. The molecule has 0 fully saturated rings. The van der Waals surface area contributed by atoms with Crippen molar-refractivity contribution in [3.8, 4) is 0 Å². The van der Waals surface area contributed by atoms with Crippen molar-refractivity contribution in [3.63, 3.8) is 0 Å². The molecule has 0 aliphatic carbocycles. The molecule has 0 aromatic heterocycles. The van der Waals surface area contributed by atoms with Crippen LogP contribution in [0.2, 0.25) is 0 Å². The Morgan fingerprint density at radius 2 is 0.567 bits per heavy atom. The molecule has 154 valence electrons. The summed E-state index contributed by atoms with van der Waals surface area (Å²) >= 11 is 0. The zero-order valence-electron chi connectivity index (χ0n) is 18.0. The van der Waals surface area contributed by atoms with Gasteiger partial charge in [0.15, 0.2) is 0 Å². The maximum atomic E-state index is 2.56. The van der Waals surface area contributed by atoms with E-state index in [1.54, 1.807) is 0 Å². The molecular weight excluding hydrogens is 398 g/mol. The van der Waals surface area contributed by atoms with Crippen LogP contribution in [0.15, 0.2) is 121 Å². The molecule has 0 aliphatic rings. The Morgan fingerprint density at radius 1 is 0.367 bits per heavy atom. The number of hydrogen-bond acceptors (Lipinski definition) is 0. The predicted octanol–water partition coefficient (Wildman–Crippen LogP) is 5.05. The van der Waals surface area contributed by atoms with Crippen LogP contribution in [0.4, 0.5) is 0 Å². The summed E-state index contributed by atoms with van der Waals surface area (Å²) in [6.45, 7) is 5.12. The van der Waals surface area contributed by atoms with Crippen molar-refractivity contribution in [1.82, 2.24) is 0 Å². The first kappa shape index (κ1) is 21.0. The summed E-state index contributed by atoms with van der Waals surface area (Å²) in [5.74, 6) is 0. The monoisotopic (exact) mass is 430 g/mol. The fourth-order valence-corrected chi connectivity index (χ4v) is 14.2. The second kappa shape index (κ2) is 9.26. The third-order valence-corrected chi connectivity index (χ3v) is 16.2. The molecule has 4 aromatic rings. The van der Waals surface area contributed by atoms with Gasteiger partial charge in [0.05, 0.1) is 0 Å². The van der Waals surface area contributed by atoms with Crippen LogP contribution in [0.1, 0.15) is 0 Å². The topological polar surface area (TPSA) is 0 Å². The van der Waals surface area contributed by atoms with E-state index in [4.69, 9.17) is 0 Å². The second-order valence-corrected chi connectivity index (χ2v) is 17.3. The normalized spacial score (nSPS) is 13.0. The van der Waals surface area contributed by atoms with E-state index in [0.717, 1.165) is 0 Å². The molecule has 0 heterocycles. The van der Waals surface area contributed by atoms with Crippen LogP contribution >= 0.6 is 14.5 Å². The second-order valence-electron chi connectivity index (χ2n) is 8.63. The molecule has 0 amide bonds. The molecule has 0 N–H and O–H groups in total. The summed E-state index contributed by atoms with van der Waals surface area (Å²) in [5, 5.41) is 6.14. The molecule has 0 saturated carbocycles. The van der Waals surface area contributed by atoms with Gasteiger partial charge in [-0.2, -0.15) is 0 Å². The van der Waals surface area contributed by atoms with Crippen LogP contribution in [-0.4, -0.2) is 25.7 Å². The third-order valence-electron chi connectivity index (χ3n) is 6.77. The van der Waals surface area contributed by atoms with Crippen LogP contribution in [0.25, 0.3) is 0 Å². The average Bonchev–Trinajstić information content (AvgIpc) is 2.84. The SMILES string of the molecule is C[PH](CC[PH](C)(c1ccccc1)c1ccccc1)(c1ccccc1)c1ccccc1. The molecule has 0 aliphatic heterocycles. The quantitative estimate of drug-likeness (QED) is 0.360. The van der Waals surface area contributed by atoms with E-state index in [1.807, 2.05) is 0 Å².